The molecule has 0 bridgehead atoms. The third-order valence-electron chi connectivity index (χ3n) is 10.8. The van der Waals surface area contributed by atoms with E-state index in [1.54, 1.807) is 12.1 Å². The maximum Gasteiger partial charge on any atom is 0.237 e. The minimum Gasteiger partial charge on any atom is -0.489 e. The van der Waals surface area contributed by atoms with Crippen molar-refractivity contribution in [1.82, 2.24) is 10.2 Å². The van der Waals surface area contributed by atoms with Crippen molar-refractivity contribution in [2.45, 2.75) is 57.6 Å². The maximum atomic E-state index is 14.2. The van der Waals surface area contributed by atoms with Crippen molar-refractivity contribution in [3.8, 4) is 40.5 Å². The van der Waals surface area contributed by atoms with Gasteiger partial charge in [0.2, 0.25) is 5.91 Å². The number of hydrogen-bond donors (Lipinski definition) is 1. The molecule has 0 saturated heterocycles. The van der Waals surface area contributed by atoms with E-state index in [4.69, 9.17) is 42.7 Å². The summed E-state index contributed by atoms with van der Waals surface area (Å²) in [5.41, 5.74) is 9.25. The smallest absolute Gasteiger partial charge is 0.237 e. The summed E-state index contributed by atoms with van der Waals surface area (Å²) >= 11 is 12.2. The zero-order valence-electron chi connectivity index (χ0n) is 32.3. The Morgan fingerprint density at radius 3 is 2.27 bits per heavy atom. The average molecular weight is 820 g/mol. The molecule has 2 aliphatic heterocycles. The van der Waals surface area contributed by atoms with Gasteiger partial charge >= 0.3 is 0 Å². The highest BCUT2D eigenvalue weighted by Crippen LogP contribution is 2.41. The van der Waals surface area contributed by atoms with Gasteiger partial charge in [-0.15, -0.1) is 0 Å². The van der Waals surface area contributed by atoms with Crippen molar-refractivity contribution in [3.63, 3.8) is 0 Å². The number of carbonyl (C=O) groups is 1. The highest BCUT2D eigenvalue weighted by molar-refractivity contribution is 6.42. The number of ether oxygens (including phenoxy) is 3. The van der Waals surface area contributed by atoms with Crippen LogP contribution in [-0.4, -0.2) is 29.5 Å². The van der Waals surface area contributed by atoms with Gasteiger partial charge in [0.15, 0.2) is 17.6 Å². The number of carbonyl (C=O) groups excluding carboxylic acids is 1. The molecule has 294 valence electrons. The Labute approximate surface area is 354 Å². The van der Waals surface area contributed by atoms with Crippen LogP contribution in [0.25, 0.3) is 11.1 Å². The first-order valence-electron chi connectivity index (χ1n) is 19.5. The Kier molecular flexibility index (Phi) is 11.9. The van der Waals surface area contributed by atoms with Gasteiger partial charge in [-0.25, -0.2) is 0 Å². The molecule has 0 saturated carbocycles. The second-order valence-electron chi connectivity index (χ2n) is 15.0. The summed E-state index contributed by atoms with van der Waals surface area (Å²) < 4.78 is 18.8. The lowest BCUT2D eigenvalue weighted by Gasteiger charge is -2.38. The Bertz CT molecular complexity index is 2570. The van der Waals surface area contributed by atoms with Gasteiger partial charge in [-0.05, 0) is 119 Å². The molecule has 6 aromatic carbocycles. The predicted molar refractivity (Wildman–Crippen MR) is 228 cm³/mol. The number of rotatable bonds is 11. The molecule has 1 N–H and O–H groups in total. The SMILES string of the molecule is C[C@H](Cc1ccc(-c2ccc(C#N)cc2)cc1)NC(=O)[C@@H]1Cc2cc3c(cc2CN1Cc1ccccc1C#N)OC(c1ccc(OCc2ccc(Cl)c(Cl)c2)cc1)CO3. The highest BCUT2D eigenvalue weighted by atomic mass is 35.5. The van der Waals surface area contributed by atoms with E-state index in [-0.39, 0.29) is 18.1 Å². The maximum absolute atomic E-state index is 14.2. The van der Waals surface area contributed by atoms with Crippen LogP contribution in [0.15, 0.2) is 127 Å². The fourth-order valence-corrected chi connectivity index (χ4v) is 7.99. The third kappa shape index (κ3) is 9.22. The van der Waals surface area contributed by atoms with Crippen LogP contribution >= 0.6 is 23.2 Å². The third-order valence-corrected chi connectivity index (χ3v) is 11.6. The molecule has 2 heterocycles. The normalized spacial score (nSPS) is 16.2. The van der Waals surface area contributed by atoms with Gasteiger partial charge < -0.3 is 19.5 Å². The van der Waals surface area contributed by atoms with Crippen molar-refractivity contribution < 1.29 is 19.0 Å². The molecule has 0 fully saturated rings. The molecular weight excluding hydrogens is 779 g/mol. The van der Waals surface area contributed by atoms with Gasteiger partial charge in [0.25, 0.3) is 0 Å². The Morgan fingerprint density at radius 1 is 0.831 bits per heavy atom. The number of benzene rings is 6. The number of fused-ring (bicyclic) bond motifs is 2. The average Bonchev–Trinajstić information content (AvgIpc) is 3.26. The van der Waals surface area contributed by atoms with Crippen LogP contribution in [0.4, 0.5) is 0 Å². The number of nitriles is 2. The van der Waals surface area contributed by atoms with Crippen molar-refractivity contribution in [2.75, 3.05) is 6.61 Å². The summed E-state index contributed by atoms with van der Waals surface area (Å²) in [6, 6.07) is 44.5. The lowest BCUT2D eigenvalue weighted by atomic mass is 9.91. The van der Waals surface area contributed by atoms with Gasteiger partial charge in [-0.2, -0.15) is 10.5 Å². The van der Waals surface area contributed by atoms with E-state index in [9.17, 15) is 10.1 Å². The Morgan fingerprint density at radius 2 is 1.54 bits per heavy atom. The standard InChI is InChI=1S/C49H40Cl2N4O4/c1-31(20-32-6-11-35(12-7-32)36-13-8-33(25-52)9-14-36)54-49(56)45-22-40-23-46-47(24-41(40)28-55(45)27-39-5-3-2-4-38(39)26-53)59-48(30-58-46)37-15-17-42(18-16-37)57-29-34-10-19-43(50)44(51)21-34/h2-19,21,23-24,31,45,48H,20,22,27-30H2,1H3,(H,54,56)/t31-,45+,48?/m1/s1. The number of nitrogens with zero attached hydrogens (tertiary/aromatic N) is 3. The summed E-state index contributed by atoms with van der Waals surface area (Å²) in [4.78, 5) is 16.3. The fraction of sp³-hybridized carbons (Fsp3) is 0.204. The summed E-state index contributed by atoms with van der Waals surface area (Å²) in [6.07, 6.45) is 0.819. The van der Waals surface area contributed by atoms with E-state index < -0.39 is 6.04 Å². The van der Waals surface area contributed by atoms with Crippen molar-refractivity contribution >= 4 is 29.1 Å². The molecular formula is C49H40Cl2N4O4. The topological polar surface area (TPSA) is 108 Å². The van der Waals surface area contributed by atoms with Gasteiger partial charge in [-0.1, -0.05) is 96.0 Å². The molecule has 1 unspecified atom stereocenters. The monoisotopic (exact) mass is 818 g/mol. The van der Waals surface area contributed by atoms with Crippen LogP contribution in [0.2, 0.25) is 10.0 Å². The van der Waals surface area contributed by atoms with Crippen LogP contribution in [0.3, 0.4) is 0 Å². The molecule has 59 heavy (non-hydrogen) atoms. The zero-order valence-corrected chi connectivity index (χ0v) is 33.8. The van der Waals surface area contributed by atoms with Crippen LogP contribution < -0.4 is 19.5 Å². The van der Waals surface area contributed by atoms with Crippen molar-refractivity contribution in [2.24, 2.45) is 0 Å². The molecule has 0 aromatic heterocycles. The first-order chi connectivity index (χ1) is 28.7. The van der Waals surface area contributed by atoms with Crippen LogP contribution in [0.1, 0.15) is 57.5 Å². The highest BCUT2D eigenvalue weighted by Gasteiger charge is 2.35. The molecule has 8 nitrogen and oxygen atoms in total. The van der Waals surface area contributed by atoms with Crippen LogP contribution in [0, 0.1) is 22.7 Å². The summed E-state index contributed by atoms with van der Waals surface area (Å²) in [6.45, 7) is 3.64. The molecule has 6 aromatic rings. The van der Waals surface area contributed by atoms with E-state index in [1.807, 2.05) is 97.9 Å². The summed E-state index contributed by atoms with van der Waals surface area (Å²) in [5, 5.41) is 23.3. The second kappa shape index (κ2) is 17.7. The van der Waals surface area contributed by atoms with Crippen molar-refractivity contribution in [1.29, 1.82) is 10.5 Å². The molecule has 0 spiro atoms. The van der Waals surface area contributed by atoms with E-state index in [1.165, 1.54) is 0 Å². The largest absolute Gasteiger partial charge is 0.489 e. The first kappa shape index (κ1) is 39.5. The molecule has 8 rings (SSSR count). The molecule has 0 aliphatic carbocycles. The van der Waals surface area contributed by atoms with Crippen molar-refractivity contribution in [3.05, 3.63) is 182 Å². The number of halogens is 2. The second-order valence-corrected chi connectivity index (χ2v) is 15.8. The van der Waals surface area contributed by atoms with Gasteiger partial charge in [0.1, 0.15) is 19.0 Å². The summed E-state index contributed by atoms with van der Waals surface area (Å²) in [7, 11) is 0. The quantitative estimate of drug-likeness (QED) is 0.139. The lowest BCUT2D eigenvalue weighted by Crippen LogP contribution is -2.52. The summed E-state index contributed by atoms with van der Waals surface area (Å²) in [5.74, 6) is 1.96. The molecule has 2 aliphatic rings. The zero-order chi connectivity index (χ0) is 40.9. The van der Waals surface area contributed by atoms with Crippen LogP contribution in [0.5, 0.6) is 17.2 Å². The lowest BCUT2D eigenvalue weighted by molar-refractivity contribution is -0.128. The number of hydrogen-bond acceptors (Lipinski definition) is 7. The molecule has 0 radical (unpaired) electrons. The Hall–Kier alpha value is -6.29. The van der Waals surface area contributed by atoms with E-state index in [2.05, 4.69) is 46.6 Å². The van der Waals surface area contributed by atoms with Gasteiger partial charge in [-0.3, -0.25) is 9.69 Å². The molecule has 3 atom stereocenters. The fourth-order valence-electron chi connectivity index (χ4n) is 7.67. The number of nitrogens with one attached hydrogen (secondary N) is 1. The van der Waals surface area contributed by atoms with Gasteiger partial charge in [0.05, 0.1) is 39.4 Å². The number of amides is 1. The molecule has 1 amide bonds. The van der Waals surface area contributed by atoms with E-state index in [0.717, 1.165) is 44.5 Å². The predicted octanol–water partition coefficient (Wildman–Crippen LogP) is 10.2. The van der Waals surface area contributed by atoms with E-state index in [0.29, 0.717) is 77.6 Å². The minimum absolute atomic E-state index is 0.0638. The van der Waals surface area contributed by atoms with Crippen LogP contribution in [-0.2, 0) is 37.3 Å². The first-order valence-corrected chi connectivity index (χ1v) is 20.2. The van der Waals surface area contributed by atoms with Gasteiger partial charge in [0, 0.05) is 19.1 Å². The van der Waals surface area contributed by atoms with E-state index >= 15 is 0 Å². The minimum atomic E-state index is -0.469. The Balaban J connectivity index is 0.953. The molecule has 10 heteroatoms.